The molecule has 0 fully saturated rings. The molecule has 0 saturated carbocycles. The maximum Gasteiger partial charge on any atom is 0.415 e. The predicted molar refractivity (Wildman–Crippen MR) is 135 cm³/mol. The molecule has 0 radical (unpaired) electrons. The molecule has 0 saturated heterocycles. The molecule has 36 heavy (non-hydrogen) atoms. The molecule has 0 aliphatic heterocycles. The first-order valence-corrected chi connectivity index (χ1v) is 11.7. The van der Waals surface area contributed by atoms with Crippen molar-refractivity contribution in [3.05, 3.63) is 95.7 Å². The first-order valence-electron chi connectivity index (χ1n) is 11.7. The molecule has 0 spiro atoms. The highest BCUT2D eigenvalue weighted by Crippen LogP contribution is 2.35. The van der Waals surface area contributed by atoms with Crippen LogP contribution in [0.3, 0.4) is 0 Å². The zero-order valence-corrected chi connectivity index (χ0v) is 20.1. The lowest BCUT2D eigenvalue weighted by molar-refractivity contribution is -0.115. The monoisotopic (exact) mass is 491 g/mol. The molecule has 1 N–H and O–H groups in total. The maximum absolute atomic E-state index is 13.3. The van der Waals surface area contributed by atoms with Gasteiger partial charge >= 0.3 is 6.09 Å². The fraction of sp³-hybridized carbons (Fsp3) is 0.214. The van der Waals surface area contributed by atoms with Crippen molar-refractivity contribution in [1.82, 2.24) is 9.47 Å². The minimum atomic E-state index is -0.515. The van der Waals surface area contributed by atoms with Gasteiger partial charge in [0, 0.05) is 31.2 Å². The van der Waals surface area contributed by atoms with Crippen LogP contribution >= 0.6 is 0 Å². The molecule has 6 nitrogen and oxygen atoms in total. The highest BCUT2D eigenvalue weighted by molar-refractivity contribution is 6.05. The van der Waals surface area contributed by atoms with Crippen LogP contribution in [0.5, 0.6) is 5.75 Å². The number of aromatic nitrogens is 1. The number of hydrogen-bond acceptors (Lipinski definition) is 3. The minimum Gasteiger partial charge on any atom is -0.408 e. The third-order valence-corrected chi connectivity index (χ3v) is 5.94. The number of carbonyl (C=O) groups is 2. The summed E-state index contributed by atoms with van der Waals surface area (Å²) in [5, 5.41) is 3.58. The number of amides is 2. The van der Waals surface area contributed by atoms with Crippen molar-refractivity contribution in [2.24, 2.45) is 0 Å². The molecule has 0 aliphatic carbocycles. The molecule has 0 bridgehead atoms. The van der Waals surface area contributed by atoms with Gasteiger partial charge in [0.05, 0.1) is 17.6 Å². The maximum atomic E-state index is 13.3. The summed E-state index contributed by atoms with van der Waals surface area (Å²) in [5.74, 6) is -0.786. The minimum absolute atomic E-state index is 0.0242. The van der Waals surface area contributed by atoms with Crippen molar-refractivity contribution in [1.29, 1.82) is 0 Å². The summed E-state index contributed by atoms with van der Waals surface area (Å²) < 4.78 is 34.2. The number of ether oxygens (including phenoxy) is 1. The van der Waals surface area contributed by atoms with E-state index in [2.05, 4.69) is 5.32 Å². The van der Waals surface area contributed by atoms with Crippen LogP contribution in [-0.2, 0) is 17.8 Å². The predicted octanol–water partition coefficient (Wildman–Crippen LogP) is 5.99. The quantitative estimate of drug-likeness (QED) is 0.329. The van der Waals surface area contributed by atoms with Crippen LogP contribution in [0.2, 0.25) is 0 Å². The second-order valence-electron chi connectivity index (χ2n) is 8.33. The van der Waals surface area contributed by atoms with Crippen molar-refractivity contribution in [2.75, 3.05) is 18.4 Å². The molecular weight excluding hydrogens is 464 g/mol. The van der Waals surface area contributed by atoms with Gasteiger partial charge in [-0.3, -0.25) is 4.79 Å². The third-order valence-electron chi connectivity index (χ3n) is 5.94. The normalized spacial score (nSPS) is 10.9. The highest BCUT2D eigenvalue weighted by atomic mass is 19.1. The molecule has 0 aliphatic rings. The standard InChI is InChI=1S/C28H27F2N3O3/c1-3-32(4-2)28(35)36-25-14-13-24-23(15-16-33(24)18-20-7-11-22(30)12-8-20)27(25)31-26(34)17-19-5-9-21(29)10-6-19/h5-16H,3-4,17-18H2,1-2H3,(H,31,34). The molecule has 4 aromatic rings. The Morgan fingerprint density at radius 1 is 0.861 bits per heavy atom. The molecule has 186 valence electrons. The van der Waals surface area contributed by atoms with E-state index >= 15 is 0 Å². The largest absolute Gasteiger partial charge is 0.415 e. The first kappa shape index (κ1) is 24.9. The van der Waals surface area contributed by atoms with E-state index in [1.807, 2.05) is 36.7 Å². The Labute approximate surface area is 208 Å². The van der Waals surface area contributed by atoms with Crippen molar-refractivity contribution in [2.45, 2.75) is 26.8 Å². The van der Waals surface area contributed by atoms with Crippen molar-refractivity contribution in [3.8, 4) is 5.75 Å². The number of rotatable bonds is 8. The second kappa shape index (κ2) is 11.0. The average molecular weight is 492 g/mol. The van der Waals surface area contributed by atoms with Crippen LogP contribution in [0.1, 0.15) is 25.0 Å². The van der Waals surface area contributed by atoms with Gasteiger partial charge in [0.1, 0.15) is 11.6 Å². The van der Waals surface area contributed by atoms with Gasteiger partial charge in [0.15, 0.2) is 5.75 Å². The van der Waals surface area contributed by atoms with Crippen LogP contribution in [0.15, 0.2) is 72.9 Å². The van der Waals surface area contributed by atoms with Gasteiger partial charge in [0.2, 0.25) is 5.91 Å². The fourth-order valence-electron chi connectivity index (χ4n) is 4.00. The summed E-state index contributed by atoms with van der Waals surface area (Å²) in [5.41, 5.74) is 2.74. The van der Waals surface area contributed by atoms with Crippen LogP contribution in [-0.4, -0.2) is 34.6 Å². The van der Waals surface area contributed by atoms with E-state index in [0.29, 0.717) is 36.3 Å². The van der Waals surface area contributed by atoms with Crippen LogP contribution in [0.4, 0.5) is 19.3 Å². The lowest BCUT2D eigenvalue weighted by Crippen LogP contribution is -2.33. The summed E-state index contributed by atoms with van der Waals surface area (Å²) in [4.78, 5) is 27.1. The van der Waals surface area contributed by atoms with Crippen LogP contribution in [0.25, 0.3) is 10.9 Å². The Kier molecular flexibility index (Phi) is 7.63. The van der Waals surface area contributed by atoms with Gasteiger partial charge in [-0.1, -0.05) is 24.3 Å². The van der Waals surface area contributed by atoms with Crippen molar-refractivity contribution < 1.29 is 23.1 Å². The topological polar surface area (TPSA) is 63.6 Å². The van der Waals surface area contributed by atoms with E-state index in [-0.39, 0.29) is 29.7 Å². The smallest absolute Gasteiger partial charge is 0.408 e. The van der Waals surface area contributed by atoms with Gasteiger partial charge in [-0.25, -0.2) is 13.6 Å². The number of nitrogens with zero attached hydrogens (tertiary/aromatic N) is 2. The van der Waals surface area contributed by atoms with Gasteiger partial charge < -0.3 is 19.5 Å². The number of halogens is 2. The molecule has 0 unspecified atom stereocenters. The summed E-state index contributed by atoms with van der Waals surface area (Å²) >= 11 is 0. The Morgan fingerprint density at radius 2 is 1.47 bits per heavy atom. The average Bonchev–Trinajstić information content (AvgIpc) is 3.27. The first-order chi connectivity index (χ1) is 17.4. The molecular formula is C28H27F2N3O3. The molecule has 4 rings (SSSR count). The molecule has 3 aromatic carbocycles. The Bertz CT molecular complexity index is 1360. The molecule has 1 heterocycles. The number of anilines is 1. The summed E-state index contributed by atoms with van der Waals surface area (Å²) in [6, 6.07) is 17.3. The molecule has 0 atom stereocenters. The van der Waals surface area contributed by atoms with E-state index in [0.717, 1.165) is 11.1 Å². The zero-order valence-electron chi connectivity index (χ0n) is 20.1. The van der Waals surface area contributed by atoms with E-state index in [4.69, 9.17) is 4.74 Å². The summed E-state index contributed by atoms with van der Waals surface area (Å²) in [7, 11) is 0. The van der Waals surface area contributed by atoms with Crippen LogP contribution in [0, 0.1) is 11.6 Å². The number of hydrogen-bond donors (Lipinski definition) is 1. The van der Waals surface area contributed by atoms with E-state index in [1.54, 1.807) is 30.3 Å². The van der Waals surface area contributed by atoms with Gasteiger partial charge in [-0.05, 0) is 67.4 Å². The second-order valence-corrected chi connectivity index (χ2v) is 8.33. The Morgan fingerprint density at radius 3 is 2.08 bits per heavy atom. The SMILES string of the molecule is CCN(CC)C(=O)Oc1ccc2c(ccn2Cc2ccc(F)cc2)c1NC(=O)Cc1ccc(F)cc1. The summed E-state index contributed by atoms with van der Waals surface area (Å²) in [6.07, 6.45) is 1.37. The van der Waals surface area contributed by atoms with Crippen molar-refractivity contribution in [3.63, 3.8) is 0 Å². The third kappa shape index (κ3) is 5.71. The Balaban J connectivity index is 1.67. The van der Waals surface area contributed by atoms with Gasteiger partial charge in [0.25, 0.3) is 0 Å². The number of benzene rings is 3. The number of nitrogens with one attached hydrogen (secondary N) is 1. The van der Waals surface area contributed by atoms with E-state index < -0.39 is 6.09 Å². The lowest BCUT2D eigenvalue weighted by atomic mass is 10.1. The number of carbonyl (C=O) groups excluding carboxylic acids is 2. The van der Waals surface area contributed by atoms with Gasteiger partial charge in [-0.2, -0.15) is 0 Å². The summed E-state index contributed by atoms with van der Waals surface area (Å²) in [6.45, 7) is 5.17. The fourth-order valence-corrected chi connectivity index (χ4v) is 4.00. The van der Waals surface area contributed by atoms with Crippen molar-refractivity contribution >= 4 is 28.6 Å². The number of fused-ring (bicyclic) bond motifs is 1. The van der Waals surface area contributed by atoms with E-state index in [9.17, 15) is 18.4 Å². The zero-order chi connectivity index (χ0) is 25.7. The Hall–Kier alpha value is -4.20. The molecule has 8 heteroatoms. The van der Waals surface area contributed by atoms with Crippen LogP contribution < -0.4 is 10.1 Å². The van der Waals surface area contributed by atoms with Gasteiger partial charge in [-0.15, -0.1) is 0 Å². The lowest BCUT2D eigenvalue weighted by Gasteiger charge is -2.20. The van der Waals surface area contributed by atoms with E-state index in [1.165, 1.54) is 29.2 Å². The highest BCUT2D eigenvalue weighted by Gasteiger charge is 2.19. The molecule has 2 amide bonds. The molecule has 1 aromatic heterocycles.